The van der Waals surface area contributed by atoms with Crippen LogP contribution in [0.2, 0.25) is 0 Å². The number of amides is 2. The lowest BCUT2D eigenvalue weighted by atomic mass is 10.0. The molecule has 0 spiro atoms. The molecule has 0 atom stereocenters. The second kappa shape index (κ2) is 8.87. The Morgan fingerprint density at radius 1 is 1.21 bits per heavy atom. The second-order valence-electron chi connectivity index (χ2n) is 4.88. The van der Waals surface area contributed by atoms with E-state index in [4.69, 9.17) is 0 Å². The van der Waals surface area contributed by atoms with Crippen molar-refractivity contribution >= 4 is 11.8 Å². The average molecular weight is 270 g/mol. The van der Waals surface area contributed by atoms with Crippen LogP contribution in [0.3, 0.4) is 0 Å². The molecule has 6 nitrogen and oxygen atoms in total. The summed E-state index contributed by atoms with van der Waals surface area (Å²) in [6, 6.07) is 0.507. The minimum Gasteiger partial charge on any atom is -0.355 e. The summed E-state index contributed by atoms with van der Waals surface area (Å²) in [7, 11) is 0. The summed E-state index contributed by atoms with van der Waals surface area (Å²) in [6.07, 6.45) is 2.21. The highest BCUT2D eigenvalue weighted by Crippen LogP contribution is 2.10. The molecule has 0 bridgehead atoms. The molecule has 2 amide bonds. The van der Waals surface area contributed by atoms with Crippen LogP contribution in [-0.2, 0) is 9.59 Å². The number of carbonyl (C=O) groups is 2. The molecule has 0 saturated carbocycles. The van der Waals surface area contributed by atoms with E-state index >= 15 is 0 Å². The molecular formula is C13H26N4O2. The van der Waals surface area contributed by atoms with Crippen molar-refractivity contribution in [2.45, 2.75) is 32.7 Å². The van der Waals surface area contributed by atoms with Gasteiger partial charge < -0.3 is 16.0 Å². The van der Waals surface area contributed by atoms with Crippen LogP contribution in [0.1, 0.15) is 26.7 Å². The average Bonchev–Trinajstić information content (AvgIpc) is 2.41. The van der Waals surface area contributed by atoms with Gasteiger partial charge in [0.05, 0.1) is 6.54 Å². The molecule has 1 saturated heterocycles. The van der Waals surface area contributed by atoms with Gasteiger partial charge in [-0.1, -0.05) is 6.92 Å². The highest BCUT2D eigenvalue weighted by Gasteiger charge is 2.21. The number of rotatable bonds is 7. The van der Waals surface area contributed by atoms with Gasteiger partial charge in [-0.3, -0.25) is 14.5 Å². The molecule has 1 aliphatic heterocycles. The summed E-state index contributed by atoms with van der Waals surface area (Å²) in [6.45, 7) is 7.94. The van der Waals surface area contributed by atoms with E-state index in [2.05, 4.69) is 27.8 Å². The molecule has 0 unspecified atom stereocenters. The second-order valence-corrected chi connectivity index (χ2v) is 4.88. The van der Waals surface area contributed by atoms with Crippen molar-refractivity contribution in [2.24, 2.45) is 0 Å². The maximum Gasteiger partial charge on any atom is 0.234 e. The van der Waals surface area contributed by atoms with Crippen LogP contribution in [0.15, 0.2) is 0 Å². The molecule has 1 heterocycles. The SMILES string of the molecule is CCN(CC(=O)NCCNC(C)=O)C1CCNCC1. The lowest BCUT2D eigenvalue weighted by Gasteiger charge is -2.33. The molecule has 1 rings (SSSR count). The molecule has 19 heavy (non-hydrogen) atoms. The third-order valence-electron chi connectivity index (χ3n) is 3.40. The van der Waals surface area contributed by atoms with Crippen LogP contribution in [0, 0.1) is 0 Å². The molecular weight excluding hydrogens is 244 g/mol. The van der Waals surface area contributed by atoms with Crippen molar-refractivity contribution < 1.29 is 9.59 Å². The topological polar surface area (TPSA) is 73.5 Å². The van der Waals surface area contributed by atoms with Crippen molar-refractivity contribution in [2.75, 3.05) is 39.3 Å². The molecule has 0 aromatic rings. The fourth-order valence-electron chi connectivity index (χ4n) is 2.35. The molecule has 3 N–H and O–H groups in total. The van der Waals surface area contributed by atoms with E-state index in [0.717, 1.165) is 32.5 Å². The summed E-state index contributed by atoms with van der Waals surface area (Å²) in [5.74, 6) is -0.0372. The van der Waals surface area contributed by atoms with Crippen LogP contribution in [-0.4, -0.2) is 62.0 Å². The van der Waals surface area contributed by atoms with Crippen LogP contribution in [0.5, 0.6) is 0 Å². The molecule has 1 fully saturated rings. The van der Waals surface area contributed by atoms with Crippen molar-refractivity contribution in [3.8, 4) is 0 Å². The number of piperidine rings is 1. The Morgan fingerprint density at radius 3 is 2.42 bits per heavy atom. The Kier molecular flexibility index (Phi) is 7.43. The molecule has 1 aliphatic rings. The largest absolute Gasteiger partial charge is 0.355 e. The normalized spacial score (nSPS) is 16.4. The molecule has 0 aromatic heterocycles. The van der Waals surface area contributed by atoms with Crippen molar-refractivity contribution in [1.82, 2.24) is 20.9 Å². The first-order valence-electron chi connectivity index (χ1n) is 7.09. The van der Waals surface area contributed by atoms with Gasteiger partial charge in [-0.15, -0.1) is 0 Å². The molecule has 0 aliphatic carbocycles. The summed E-state index contributed by atoms with van der Waals surface area (Å²) in [4.78, 5) is 24.7. The quantitative estimate of drug-likeness (QED) is 0.536. The van der Waals surface area contributed by atoms with Crippen molar-refractivity contribution in [3.63, 3.8) is 0 Å². The number of likely N-dealkylation sites (N-methyl/N-ethyl adjacent to an activating group) is 1. The number of nitrogens with zero attached hydrogens (tertiary/aromatic N) is 1. The predicted octanol–water partition coefficient (Wildman–Crippen LogP) is -0.687. The summed E-state index contributed by atoms with van der Waals surface area (Å²) >= 11 is 0. The smallest absolute Gasteiger partial charge is 0.234 e. The zero-order valence-corrected chi connectivity index (χ0v) is 12.0. The Hall–Kier alpha value is -1.14. The van der Waals surface area contributed by atoms with Gasteiger partial charge in [0, 0.05) is 26.1 Å². The van der Waals surface area contributed by atoms with E-state index in [9.17, 15) is 9.59 Å². The predicted molar refractivity (Wildman–Crippen MR) is 74.8 cm³/mol. The van der Waals surface area contributed by atoms with E-state index < -0.39 is 0 Å². The zero-order chi connectivity index (χ0) is 14.1. The van der Waals surface area contributed by atoms with Gasteiger partial charge in [-0.25, -0.2) is 0 Å². The Morgan fingerprint density at radius 2 is 1.84 bits per heavy atom. The van der Waals surface area contributed by atoms with E-state index in [-0.39, 0.29) is 11.8 Å². The minimum absolute atomic E-state index is 0.0331. The van der Waals surface area contributed by atoms with Gasteiger partial charge in [0.25, 0.3) is 0 Å². The maximum atomic E-state index is 11.8. The molecule has 0 radical (unpaired) electrons. The fraction of sp³-hybridized carbons (Fsp3) is 0.846. The van der Waals surface area contributed by atoms with Crippen LogP contribution < -0.4 is 16.0 Å². The highest BCUT2D eigenvalue weighted by atomic mass is 16.2. The molecule has 110 valence electrons. The van der Waals surface area contributed by atoms with Crippen LogP contribution in [0.25, 0.3) is 0 Å². The van der Waals surface area contributed by atoms with Crippen LogP contribution in [0.4, 0.5) is 0 Å². The first kappa shape index (κ1) is 15.9. The summed E-state index contributed by atoms with van der Waals surface area (Å²) in [5.41, 5.74) is 0. The Balaban J connectivity index is 2.22. The van der Waals surface area contributed by atoms with Crippen LogP contribution >= 0.6 is 0 Å². The van der Waals surface area contributed by atoms with Crippen molar-refractivity contribution in [3.05, 3.63) is 0 Å². The lowest BCUT2D eigenvalue weighted by molar-refractivity contribution is -0.123. The number of hydrogen-bond donors (Lipinski definition) is 3. The van der Waals surface area contributed by atoms with E-state index in [1.807, 2.05) is 0 Å². The third-order valence-corrected chi connectivity index (χ3v) is 3.40. The third kappa shape index (κ3) is 6.54. The lowest BCUT2D eigenvalue weighted by Crippen LogP contribution is -2.47. The number of nitrogens with one attached hydrogen (secondary N) is 3. The highest BCUT2D eigenvalue weighted by molar-refractivity contribution is 5.78. The van der Waals surface area contributed by atoms with Gasteiger partial charge >= 0.3 is 0 Å². The summed E-state index contributed by atoms with van der Waals surface area (Å²) < 4.78 is 0. The zero-order valence-electron chi connectivity index (χ0n) is 12.0. The molecule has 0 aromatic carbocycles. The summed E-state index contributed by atoms with van der Waals surface area (Å²) in [5, 5.41) is 8.82. The van der Waals surface area contributed by atoms with Gasteiger partial charge in [-0.2, -0.15) is 0 Å². The van der Waals surface area contributed by atoms with E-state index in [0.29, 0.717) is 25.7 Å². The first-order valence-corrected chi connectivity index (χ1v) is 7.09. The molecule has 6 heteroatoms. The number of hydrogen-bond acceptors (Lipinski definition) is 4. The van der Waals surface area contributed by atoms with E-state index in [1.54, 1.807) is 0 Å². The first-order chi connectivity index (χ1) is 9.13. The van der Waals surface area contributed by atoms with E-state index in [1.165, 1.54) is 6.92 Å². The number of carbonyl (C=O) groups excluding carboxylic acids is 2. The fourth-order valence-corrected chi connectivity index (χ4v) is 2.35. The van der Waals surface area contributed by atoms with Crippen molar-refractivity contribution in [1.29, 1.82) is 0 Å². The Bertz CT molecular complexity index is 290. The minimum atomic E-state index is -0.0702. The van der Waals surface area contributed by atoms with Gasteiger partial charge in [0.1, 0.15) is 0 Å². The Labute approximate surface area is 115 Å². The van der Waals surface area contributed by atoms with Gasteiger partial charge in [-0.05, 0) is 32.5 Å². The van der Waals surface area contributed by atoms with Gasteiger partial charge in [0.2, 0.25) is 11.8 Å². The maximum absolute atomic E-state index is 11.8. The standard InChI is InChI=1S/C13H26N4O2/c1-3-17(12-4-6-14-7-5-12)10-13(19)16-9-8-15-11(2)18/h12,14H,3-10H2,1-2H3,(H,15,18)(H,16,19). The monoisotopic (exact) mass is 270 g/mol. The van der Waals surface area contributed by atoms with Gasteiger partial charge in [0.15, 0.2) is 0 Å².